The van der Waals surface area contributed by atoms with Crippen molar-refractivity contribution in [2.75, 3.05) is 13.2 Å². The highest BCUT2D eigenvalue weighted by Crippen LogP contribution is 2.42. The van der Waals surface area contributed by atoms with Crippen molar-refractivity contribution >= 4 is 16.0 Å². The second kappa shape index (κ2) is 8.93. The third kappa shape index (κ3) is 4.36. The van der Waals surface area contributed by atoms with Crippen LogP contribution in [0.25, 0.3) is 0 Å². The Morgan fingerprint density at radius 1 is 1.17 bits per heavy atom. The lowest BCUT2D eigenvalue weighted by Crippen LogP contribution is -2.36. The van der Waals surface area contributed by atoms with Crippen LogP contribution < -0.4 is 0 Å². The van der Waals surface area contributed by atoms with Gasteiger partial charge in [0.2, 0.25) is 16.1 Å². The standard InChI is InChI=1S/C21H24N2O6S/c1-3-29-19(24)13-17-14-22(30(27,28)18-11-9-15(2)10-12-18)20(21(17)23(25)26)16-7-5-4-6-8-16/h4-12,17,20-21H,3,13-14H2,1-2H3/t17-,20-,21+/m1/s1. The summed E-state index contributed by atoms with van der Waals surface area (Å²) in [6.45, 7) is 3.51. The number of sulfonamides is 1. The molecule has 0 saturated carbocycles. The first kappa shape index (κ1) is 21.9. The minimum Gasteiger partial charge on any atom is -0.466 e. The number of carbonyl (C=O) groups excluding carboxylic acids is 1. The van der Waals surface area contributed by atoms with Gasteiger partial charge in [0.25, 0.3) is 0 Å². The van der Waals surface area contributed by atoms with Gasteiger partial charge in [-0.15, -0.1) is 0 Å². The Morgan fingerprint density at radius 2 is 1.80 bits per heavy atom. The molecule has 1 fully saturated rings. The molecule has 0 spiro atoms. The van der Waals surface area contributed by atoms with E-state index in [-0.39, 0.29) is 24.5 Å². The van der Waals surface area contributed by atoms with Crippen LogP contribution in [0.4, 0.5) is 0 Å². The lowest BCUT2D eigenvalue weighted by molar-refractivity contribution is -0.532. The Balaban J connectivity index is 2.07. The predicted molar refractivity (Wildman–Crippen MR) is 110 cm³/mol. The summed E-state index contributed by atoms with van der Waals surface area (Å²) in [6.07, 6.45) is -0.220. The third-order valence-electron chi connectivity index (χ3n) is 5.28. The van der Waals surface area contributed by atoms with E-state index in [0.29, 0.717) is 5.56 Å². The summed E-state index contributed by atoms with van der Waals surface area (Å²) in [5, 5.41) is 12.0. The van der Waals surface area contributed by atoms with E-state index in [2.05, 4.69) is 0 Å². The normalized spacial score (nSPS) is 22.0. The van der Waals surface area contributed by atoms with Crippen molar-refractivity contribution in [3.05, 3.63) is 75.8 Å². The van der Waals surface area contributed by atoms with Crippen molar-refractivity contribution in [3.63, 3.8) is 0 Å². The van der Waals surface area contributed by atoms with Gasteiger partial charge >= 0.3 is 5.97 Å². The van der Waals surface area contributed by atoms with Crippen molar-refractivity contribution in [1.29, 1.82) is 0 Å². The highest BCUT2D eigenvalue weighted by molar-refractivity contribution is 7.89. The van der Waals surface area contributed by atoms with Gasteiger partial charge in [-0.05, 0) is 31.5 Å². The zero-order valence-electron chi connectivity index (χ0n) is 16.8. The van der Waals surface area contributed by atoms with E-state index in [1.807, 2.05) is 6.92 Å². The Labute approximate surface area is 175 Å². The fourth-order valence-corrected chi connectivity index (χ4v) is 5.58. The van der Waals surface area contributed by atoms with E-state index in [4.69, 9.17) is 4.74 Å². The van der Waals surface area contributed by atoms with Gasteiger partial charge in [0.15, 0.2) is 0 Å². The molecule has 0 bridgehead atoms. The SMILES string of the molecule is CCOC(=O)C[C@@H]1CN(S(=O)(=O)c2ccc(C)cc2)[C@H](c2ccccc2)[C@H]1[N+](=O)[O-]. The number of nitrogens with zero attached hydrogens (tertiary/aromatic N) is 2. The van der Waals surface area contributed by atoms with Crippen LogP contribution >= 0.6 is 0 Å². The van der Waals surface area contributed by atoms with E-state index in [1.165, 1.54) is 12.1 Å². The summed E-state index contributed by atoms with van der Waals surface area (Å²) >= 11 is 0. The summed E-state index contributed by atoms with van der Waals surface area (Å²) in [5.41, 5.74) is 1.42. The highest BCUT2D eigenvalue weighted by atomic mass is 32.2. The molecule has 1 saturated heterocycles. The molecule has 2 aromatic carbocycles. The Morgan fingerprint density at radius 3 is 2.37 bits per heavy atom. The number of hydrogen-bond donors (Lipinski definition) is 0. The largest absolute Gasteiger partial charge is 0.466 e. The second-order valence-corrected chi connectivity index (χ2v) is 9.18. The van der Waals surface area contributed by atoms with Crippen molar-refractivity contribution in [2.45, 2.75) is 37.2 Å². The smallest absolute Gasteiger partial charge is 0.306 e. The maximum atomic E-state index is 13.4. The first-order valence-electron chi connectivity index (χ1n) is 9.68. The quantitative estimate of drug-likeness (QED) is 0.378. The van der Waals surface area contributed by atoms with Crippen LogP contribution in [0.2, 0.25) is 0 Å². The molecular weight excluding hydrogens is 408 g/mol. The van der Waals surface area contributed by atoms with Crippen LogP contribution in [-0.2, 0) is 19.6 Å². The second-order valence-electron chi connectivity index (χ2n) is 7.29. The van der Waals surface area contributed by atoms with Gasteiger partial charge in [-0.3, -0.25) is 14.9 Å². The molecule has 3 rings (SSSR count). The lowest BCUT2D eigenvalue weighted by atomic mass is 9.92. The predicted octanol–water partition coefficient (Wildman–Crippen LogP) is 2.96. The summed E-state index contributed by atoms with van der Waals surface area (Å²) < 4.78 is 33.0. The fraction of sp³-hybridized carbons (Fsp3) is 0.381. The van der Waals surface area contributed by atoms with Crippen molar-refractivity contribution in [3.8, 4) is 0 Å². The molecule has 0 amide bonds. The first-order valence-corrected chi connectivity index (χ1v) is 11.1. The average Bonchev–Trinajstić information content (AvgIpc) is 3.09. The van der Waals surface area contributed by atoms with Gasteiger partial charge in [0.1, 0.15) is 6.04 Å². The third-order valence-corrected chi connectivity index (χ3v) is 7.14. The van der Waals surface area contributed by atoms with E-state index in [9.17, 15) is 23.3 Å². The average molecular weight is 432 g/mol. The zero-order chi connectivity index (χ0) is 21.9. The molecule has 0 aliphatic carbocycles. The van der Waals surface area contributed by atoms with Gasteiger partial charge in [-0.1, -0.05) is 48.0 Å². The molecular formula is C21H24N2O6S. The fourth-order valence-electron chi connectivity index (χ4n) is 3.89. The van der Waals surface area contributed by atoms with Crippen LogP contribution in [0, 0.1) is 23.0 Å². The monoisotopic (exact) mass is 432 g/mol. The number of rotatable bonds is 7. The number of nitro groups is 1. The molecule has 1 heterocycles. The van der Waals surface area contributed by atoms with E-state index in [0.717, 1.165) is 9.87 Å². The lowest BCUT2D eigenvalue weighted by Gasteiger charge is -2.24. The molecule has 0 N–H and O–H groups in total. The minimum atomic E-state index is -4.02. The molecule has 30 heavy (non-hydrogen) atoms. The molecule has 8 nitrogen and oxygen atoms in total. The van der Waals surface area contributed by atoms with Gasteiger partial charge in [-0.2, -0.15) is 4.31 Å². The van der Waals surface area contributed by atoms with Crippen molar-refractivity contribution < 1.29 is 22.9 Å². The molecule has 160 valence electrons. The van der Waals surface area contributed by atoms with Gasteiger partial charge in [-0.25, -0.2) is 8.42 Å². The van der Waals surface area contributed by atoms with Crippen molar-refractivity contribution in [1.82, 2.24) is 4.31 Å². The molecule has 0 radical (unpaired) electrons. The van der Waals surface area contributed by atoms with Crippen LogP contribution in [0.3, 0.4) is 0 Å². The van der Waals surface area contributed by atoms with E-state index >= 15 is 0 Å². The molecule has 3 atom stereocenters. The maximum absolute atomic E-state index is 13.4. The van der Waals surface area contributed by atoms with Gasteiger partial charge in [0.05, 0.1) is 23.8 Å². The Hall–Kier alpha value is -2.78. The van der Waals surface area contributed by atoms with Crippen LogP contribution in [-0.4, -0.2) is 42.8 Å². The summed E-state index contributed by atoms with van der Waals surface area (Å²) in [5.74, 6) is -1.37. The first-order chi connectivity index (χ1) is 14.3. The van der Waals surface area contributed by atoms with E-state index in [1.54, 1.807) is 49.4 Å². The molecule has 1 aliphatic rings. The van der Waals surface area contributed by atoms with Crippen LogP contribution in [0.1, 0.15) is 30.5 Å². The summed E-state index contributed by atoms with van der Waals surface area (Å²) in [4.78, 5) is 23.7. The number of carbonyl (C=O) groups is 1. The number of benzene rings is 2. The molecule has 0 unspecified atom stereocenters. The minimum absolute atomic E-state index is 0.0629. The number of esters is 1. The maximum Gasteiger partial charge on any atom is 0.306 e. The van der Waals surface area contributed by atoms with E-state index < -0.39 is 38.9 Å². The highest BCUT2D eigenvalue weighted by Gasteiger charge is 2.55. The Bertz CT molecular complexity index is 1010. The molecule has 9 heteroatoms. The molecule has 1 aliphatic heterocycles. The summed E-state index contributed by atoms with van der Waals surface area (Å²) in [7, 11) is -4.02. The van der Waals surface area contributed by atoms with Crippen LogP contribution in [0.5, 0.6) is 0 Å². The topological polar surface area (TPSA) is 107 Å². The number of ether oxygens (including phenoxy) is 1. The van der Waals surface area contributed by atoms with Gasteiger partial charge in [0, 0.05) is 11.5 Å². The number of hydrogen-bond acceptors (Lipinski definition) is 6. The molecule has 2 aromatic rings. The van der Waals surface area contributed by atoms with Crippen LogP contribution in [0.15, 0.2) is 59.5 Å². The molecule has 0 aromatic heterocycles. The van der Waals surface area contributed by atoms with Gasteiger partial charge < -0.3 is 4.74 Å². The Kier molecular flexibility index (Phi) is 6.52. The number of aryl methyl sites for hydroxylation is 1. The summed E-state index contributed by atoms with van der Waals surface area (Å²) in [6, 6.07) is 12.6. The zero-order valence-corrected chi connectivity index (χ0v) is 17.6. The van der Waals surface area contributed by atoms with Crippen molar-refractivity contribution in [2.24, 2.45) is 5.92 Å².